The molecule has 0 saturated heterocycles. The molecule has 0 saturated carbocycles. The third-order valence-corrected chi connectivity index (χ3v) is 19.5. The number of carboxylic acid groups (broad SMARTS) is 1. The smallest absolute Gasteiger partial charge is 0.480 e. The normalized spacial score (nSPS) is 14.5. The third kappa shape index (κ3) is 23.9. The number of benzene rings is 3. The molecule has 3 heterocycles. The van der Waals surface area contributed by atoms with E-state index in [2.05, 4.69) is 61.4 Å². The van der Waals surface area contributed by atoms with Crippen LogP contribution in [0.5, 0.6) is 0 Å². The average molecular weight is 1440 g/mol. The van der Waals surface area contributed by atoms with Gasteiger partial charge in [-0.05, 0) is 103 Å². The molecule has 1 aromatic heterocycles. The number of nitrogens with zero attached hydrogens (tertiary/aromatic N) is 4. The Morgan fingerprint density at radius 1 is 0.626 bits per heavy atom. The summed E-state index contributed by atoms with van der Waals surface area (Å²) in [4.78, 5) is 38.4. The number of nitrogens with one attached hydrogen (secondary N) is 2. The summed E-state index contributed by atoms with van der Waals surface area (Å²) in [5.74, 6) is 21.4. The van der Waals surface area contributed by atoms with Gasteiger partial charge >= 0.3 is 12.4 Å². The van der Waals surface area contributed by atoms with Gasteiger partial charge in [0.1, 0.15) is 26.3 Å². The molecule has 7 N–H and O–H groups in total. The molecule has 4 aromatic rings. The van der Waals surface area contributed by atoms with Crippen LogP contribution in [-0.4, -0.2) is 248 Å². The first-order valence-corrected chi connectivity index (χ1v) is 37.2. The summed E-state index contributed by atoms with van der Waals surface area (Å²) in [5.41, 5.74) is 8.56. The Kier molecular flexibility index (Phi) is 28.3. The molecule has 0 fully saturated rings. The number of carbonyl (C=O) groups excluding carboxylic acids is 2. The molecular weight excluding hydrogens is 1360 g/mol. The van der Waals surface area contributed by atoms with E-state index in [9.17, 15) is 71.4 Å². The molecular formula is C68H83BN6O20S4+2. The van der Waals surface area contributed by atoms with Crippen molar-refractivity contribution in [1.82, 2.24) is 15.1 Å². The van der Waals surface area contributed by atoms with Crippen molar-refractivity contribution < 1.29 is 104 Å². The van der Waals surface area contributed by atoms with Gasteiger partial charge < -0.3 is 52.6 Å². The molecule has 0 bridgehead atoms. The SMILES string of the molecule is COCCOCC#C[B-]1(C#CCOCCOC)n2c(/C=C/c3ccc(C#CC[N+](C)(C)CCCS(=O)(=O)O)cc3)cc(C)c2C(c2ccc(C(=O)NCC(C(=O)NCC(C(=O)O)S(=O)(=O)O)S(=O)(=O)O)cc2)=C2C(C)=CC(/C=C/c3ccc(C#CC[N+](C)(C)CCCS(=O)(=O)O)cc3)=[N+]21. The molecule has 2 aliphatic rings. The highest BCUT2D eigenvalue weighted by atomic mass is 32.2. The number of rotatable bonds is 32. The largest absolute Gasteiger partial charge is 0.520 e. The number of allylic oxidation sites excluding steroid dienone is 3. The van der Waals surface area contributed by atoms with E-state index >= 15 is 0 Å². The number of carbonyl (C=O) groups is 3. The van der Waals surface area contributed by atoms with Crippen LogP contribution in [-0.2, 0) is 69.0 Å². The van der Waals surface area contributed by atoms with Gasteiger partial charge in [0.25, 0.3) is 46.4 Å². The maximum Gasteiger partial charge on any atom is 0.520 e. The predicted molar refractivity (Wildman–Crippen MR) is 377 cm³/mol. The fraction of sp³-hybridized carbons (Fsp3) is 0.382. The summed E-state index contributed by atoms with van der Waals surface area (Å²) in [7, 11) is -7.95. The first-order valence-electron chi connectivity index (χ1n) is 31.0. The van der Waals surface area contributed by atoms with Gasteiger partial charge in [-0.1, -0.05) is 54.3 Å². The summed E-state index contributed by atoms with van der Waals surface area (Å²) < 4.78 is 159. The maximum atomic E-state index is 13.9. The minimum absolute atomic E-state index is 0.0189. The monoisotopic (exact) mass is 1440 g/mol. The lowest BCUT2D eigenvalue weighted by molar-refractivity contribution is -0.883. The summed E-state index contributed by atoms with van der Waals surface area (Å²) >= 11 is 0. The van der Waals surface area contributed by atoms with Crippen molar-refractivity contribution in [2.45, 2.75) is 37.2 Å². The number of hydrogen-bond donors (Lipinski definition) is 7. The molecule has 2 atom stereocenters. The van der Waals surface area contributed by atoms with E-state index in [0.717, 1.165) is 33.4 Å². The van der Waals surface area contributed by atoms with Crippen molar-refractivity contribution in [2.75, 3.05) is 133 Å². The van der Waals surface area contributed by atoms with Gasteiger partial charge in [-0.15, -0.1) is 11.8 Å². The zero-order valence-electron chi connectivity index (χ0n) is 56.2. The van der Waals surface area contributed by atoms with Gasteiger partial charge in [-0.2, -0.15) is 45.3 Å². The highest BCUT2D eigenvalue weighted by Gasteiger charge is 2.51. The molecule has 2 amide bonds. The second-order valence-corrected chi connectivity index (χ2v) is 31.0. The number of methoxy groups -OCH3 is 2. The van der Waals surface area contributed by atoms with Gasteiger partial charge in [0.15, 0.2) is 16.7 Å². The fourth-order valence-electron chi connectivity index (χ4n) is 10.7. The van der Waals surface area contributed by atoms with Crippen LogP contribution in [0, 0.1) is 54.1 Å². The molecule has 6 rings (SSSR count). The number of quaternary nitrogens is 2. The lowest BCUT2D eigenvalue weighted by Gasteiger charge is -2.39. The average Bonchev–Trinajstić information content (AvgIpc) is 1.51. The predicted octanol–water partition coefficient (Wildman–Crippen LogP) is 3.42. The highest BCUT2D eigenvalue weighted by molar-refractivity contribution is 7.87. The van der Waals surface area contributed by atoms with Crippen LogP contribution >= 0.6 is 0 Å². The van der Waals surface area contributed by atoms with E-state index < -0.39 is 88.3 Å². The minimum Gasteiger partial charge on any atom is -0.480 e. The van der Waals surface area contributed by atoms with Crippen LogP contribution in [0.4, 0.5) is 0 Å². The molecule has 530 valence electrons. The molecule has 0 aliphatic carbocycles. The number of fused-ring (bicyclic) bond motifs is 2. The van der Waals surface area contributed by atoms with Crippen molar-refractivity contribution in [1.29, 1.82) is 0 Å². The molecule has 2 aliphatic heterocycles. The van der Waals surface area contributed by atoms with Gasteiger partial charge in [0.2, 0.25) is 11.2 Å². The van der Waals surface area contributed by atoms with Crippen LogP contribution in [0.2, 0.25) is 0 Å². The molecule has 26 nitrogen and oxygen atoms in total. The standard InChI is InChI=1S/C68H81BN6O20S4/c1-51-47-59(31-25-55-21-17-53(18-22-55)15-9-35-74(3,4)37-13-45-96(80,81)82)72-64(51)63(57-27-29-58(30-28-57)66(76)70-49-61(98(86,87)88)67(77)71-50-62(68(78)79)99(89,90)91)65-52(2)48-60(73(65)69(72,33-11-39-94-43-41-92-7)34-12-40-95-44-42-93-8)32-26-56-23-19-54(20-24-56)16-10-36-75(5,6)38-14-46-97(83,84)85/h17-32,47-48,61-62H,13-14,35-46,49-50H2,1-8H3,(H5-2,70,71,76,77,78,79,80,81,82,83,84,85,86,87,88,89,90,91)/p+2/b31-25+,32-26+. The van der Waals surface area contributed by atoms with E-state index in [4.69, 9.17) is 18.9 Å². The number of carboxylic acids is 1. The zero-order chi connectivity index (χ0) is 73.0. The van der Waals surface area contributed by atoms with Crippen molar-refractivity contribution >= 4 is 94.2 Å². The Morgan fingerprint density at radius 3 is 1.56 bits per heavy atom. The van der Waals surface area contributed by atoms with E-state index in [1.165, 1.54) is 12.1 Å². The van der Waals surface area contributed by atoms with E-state index in [1.54, 1.807) is 31.7 Å². The van der Waals surface area contributed by atoms with Gasteiger partial charge in [-0.25, -0.2) is 0 Å². The number of aliphatic carboxylic acids is 1. The molecule has 3 aromatic carbocycles. The Hall–Kier alpha value is -8.32. The Labute approximate surface area is 579 Å². The highest BCUT2D eigenvalue weighted by Crippen LogP contribution is 2.44. The third-order valence-electron chi connectivity index (χ3n) is 15.7. The first kappa shape index (κ1) is 79.7. The van der Waals surface area contributed by atoms with Crippen LogP contribution < -0.4 is 10.6 Å². The number of amides is 2. The van der Waals surface area contributed by atoms with Gasteiger partial charge in [-0.3, -0.25) is 32.6 Å². The quantitative estimate of drug-likeness (QED) is 0.0121. The van der Waals surface area contributed by atoms with Gasteiger partial charge in [0.05, 0.1) is 84.8 Å². The van der Waals surface area contributed by atoms with E-state index in [-0.39, 0.29) is 56.3 Å². The fourth-order valence-corrected chi connectivity index (χ4v) is 12.9. The van der Waals surface area contributed by atoms with E-state index in [0.29, 0.717) is 82.3 Å². The number of aromatic nitrogens is 1. The van der Waals surface area contributed by atoms with Crippen LogP contribution in [0.15, 0.2) is 102 Å². The number of aryl methyl sites for hydroxylation is 1. The molecule has 2 unspecified atom stereocenters. The molecule has 31 heteroatoms. The molecule has 99 heavy (non-hydrogen) atoms. The van der Waals surface area contributed by atoms with Crippen LogP contribution in [0.3, 0.4) is 0 Å². The van der Waals surface area contributed by atoms with Crippen molar-refractivity contribution in [3.63, 3.8) is 0 Å². The van der Waals surface area contributed by atoms with Crippen molar-refractivity contribution in [3.05, 3.63) is 153 Å². The van der Waals surface area contributed by atoms with Crippen molar-refractivity contribution in [3.8, 4) is 47.2 Å². The molecule has 0 radical (unpaired) electrons. The summed E-state index contributed by atoms with van der Waals surface area (Å²) in [6.45, 7) is 4.42. The first-order chi connectivity index (χ1) is 46.5. The van der Waals surface area contributed by atoms with Crippen molar-refractivity contribution in [2.24, 2.45) is 0 Å². The topological polar surface area (TPSA) is 358 Å². The number of ether oxygens (including phenoxy) is 4. The summed E-state index contributed by atoms with van der Waals surface area (Å²) in [6, 6.07) is 23.5. The Balaban J connectivity index is 1.52. The summed E-state index contributed by atoms with van der Waals surface area (Å²) in [5, 5.41) is 8.34. The Bertz CT molecular complexity index is 4520. The molecule has 0 spiro atoms. The van der Waals surface area contributed by atoms with E-state index in [1.807, 2.05) is 127 Å². The number of hydrogen-bond acceptors (Lipinski definition) is 15. The maximum absolute atomic E-state index is 13.9. The Morgan fingerprint density at radius 2 is 1.10 bits per heavy atom. The second-order valence-electron chi connectivity index (χ2n) is 24.6. The van der Waals surface area contributed by atoms with Gasteiger partial charge in [0, 0.05) is 86.0 Å². The lowest BCUT2D eigenvalue weighted by atomic mass is 9.45. The lowest BCUT2D eigenvalue weighted by Crippen LogP contribution is -2.57. The van der Waals surface area contributed by atoms with Crippen LogP contribution in [0.25, 0.3) is 23.8 Å². The summed E-state index contributed by atoms with van der Waals surface area (Å²) in [6.07, 6.45) is 7.64. The van der Waals surface area contributed by atoms with Crippen LogP contribution in [0.1, 0.15) is 74.9 Å². The second kappa shape index (κ2) is 35.1. The minimum atomic E-state index is -5.32. The zero-order valence-corrected chi connectivity index (χ0v) is 59.5.